The van der Waals surface area contributed by atoms with Crippen molar-refractivity contribution in [3.63, 3.8) is 0 Å². The summed E-state index contributed by atoms with van der Waals surface area (Å²) < 4.78 is 0. The van der Waals surface area contributed by atoms with Crippen molar-refractivity contribution in [3.05, 3.63) is 23.3 Å². The summed E-state index contributed by atoms with van der Waals surface area (Å²) in [5.41, 5.74) is 1.42. The molecule has 4 heteroatoms. The molecule has 0 radical (unpaired) electrons. The number of rotatable bonds is 6. The smallest absolute Gasteiger partial charge is 0.182 e. The second-order valence-electron chi connectivity index (χ2n) is 2.70. The van der Waals surface area contributed by atoms with Crippen molar-refractivity contribution in [2.24, 2.45) is 0 Å². The van der Waals surface area contributed by atoms with Gasteiger partial charge in [0.2, 0.25) is 0 Å². The van der Waals surface area contributed by atoms with Crippen LogP contribution in [0, 0.1) is 0 Å². The van der Waals surface area contributed by atoms with Crippen LogP contribution in [0.4, 0.5) is 0 Å². The number of carbonyl (C=O) groups is 4. The molecule has 0 fully saturated rings. The average molecular weight is 224 g/mol. The molecule has 0 atom stereocenters. The Morgan fingerprint density at radius 1 is 0.750 bits per heavy atom. The van der Waals surface area contributed by atoms with Gasteiger partial charge in [0.1, 0.15) is 12.6 Å². The van der Waals surface area contributed by atoms with Crippen LogP contribution < -0.4 is 0 Å². The molecule has 0 rings (SSSR count). The number of allylic oxidation sites excluding steroid dienone is 4. The van der Waals surface area contributed by atoms with Gasteiger partial charge in [-0.2, -0.15) is 0 Å². The molecule has 0 amide bonds. The van der Waals surface area contributed by atoms with Crippen molar-refractivity contribution < 1.29 is 19.2 Å². The van der Waals surface area contributed by atoms with E-state index in [1.807, 2.05) is 13.8 Å². The fourth-order valence-electron chi connectivity index (χ4n) is 0.695. The lowest BCUT2D eigenvalue weighted by molar-refractivity contribution is -0.122. The summed E-state index contributed by atoms with van der Waals surface area (Å²) in [6.07, 6.45) is 6.81. The molecule has 88 valence electrons. The normalized spacial score (nSPS) is 10.9. The molecule has 0 aliphatic heterocycles. The lowest BCUT2D eigenvalue weighted by atomic mass is 10.1. The third-order valence-corrected chi connectivity index (χ3v) is 1.69. The van der Waals surface area contributed by atoms with E-state index in [2.05, 4.69) is 0 Å². The third-order valence-electron chi connectivity index (χ3n) is 1.69. The number of hydrogen-bond donors (Lipinski definition) is 0. The summed E-state index contributed by atoms with van der Waals surface area (Å²) >= 11 is 0. The predicted molar refractivity (Wildman–Crippen MR) is 61.0 cm³/mol. The molecule has 0 aromatic rings. The highest BCUT2D eigenvalue weighted by Gasteiger charge is 1.90. The molecule has 0 aromatic heterocycles. The fraction of sp³-hybridized carbons (Fsp3) is 0.333. The molecule has 0 saturated heterocycles. The van der Waals surface area contributed by atoms with E-state index in [0.29, 0.717) is 24.0 Å². The van der Waals surface area contributed by atoms with Gasteiger partial charge in [-0.1, -0.05) is 26.0 Å². The SMILES string of the molecule is CC/C(C=O)=C/C=C(\C=O)CC.O=CC=O. The van der Waals surface area contributed by atoms with Gasteiger partial charge in [0.15, 0.2) is 12.6 Å². The van der Waals surface area contributed by atoms with E-state index in [9.17, 15) is 9.59 Å². The first-order valence-corrected chi connectivity index (χ1v) is 4.89. The largest absolute Gasteiger partial charge is 0.298 e. The third kappa shape index (κ3) is 10.2. The Bertz CT molecular complexity index is 257. The van der Waals surface area contributed by atoms with E-state index in [-0.39, 0.29) is 12.6 Å². The minimum absolute atomic E-state index is 0.194. The Labute approximate surface area is 95.0 Å². The summed E-state index contributed by atoms with van der Waals surface area (Å²) in [6, 6.07) is 0. The first-order chi connectivity index (χ1) is 7.69. The van der Waals surface area contributed by atoms with Gasteiger partial charge in [-0.15, -0.1) is 0 Å². The predicted octanol–water partition coefficient (Wildman–Crippen LogP) is 1.44. The van der Waals surface area contributed by atoms with Crippen molar-refractivity contribution in [2.75, 3.05) is 0 Å². The quantitative estimate of drug-likeness (QED) is 0.296. The van der Waals surface area contributed by atoms with Gasteiger partial charge in [-0.25, -0.2) is 0 Å². The van der Waals surface area contributed by atoms with Gasteiger partial charge in [0.05, 0.1) is 0 Å². The minimum atomic E-state index is 0.194. The summed E-state index contributed by atoms with van der Waals surface area (Å²) in [5, 5.41) is 0. The molecule has 0 aliphatic carbocycles. The summed E-state index contributed by atoms with van der Waals surface area (Å²) in [7, 11) is 0. The number of hydrogen-bond acceptors (Lipinski definition) is 4. The highest BCUT2D eigenvalue weighted by Crippen LogP contribution is 2.00. The highest BCUT2D eigenvalue weighted by molar-refractivity contribution is 6.09. The monoisotopic (exact) mass is 224 g/mol. The van der Waals surface area contributed by atoms with Crippen LogP contribution >= 0.6 is 0 Å². The van der Waals surface area contributed by atoms with E-state index in [0.717, 1.165) is 12.6 Å². The molecule has 0 saturated carbocycles. The zero-order valence-corrected chi connectivity index (χ0v) is 9.51. The van der Waals surface area contributed by atoms with E-state index in [1.165, 1.54) is 0 Å². The van der Waals surface area contributed by atoms with Crippen molar-refractivity contribution in [3.8, 4) is 0 Å². The van der Waals surface area contributed by atoms with E-state index in [1.54, 1.807) is 12.2 Å². The van der Waals surface area contributed by atoms with Crippen LogP contribution in [-0.4, -0.2) is 25.1 Å². The lowest BCUT2D eigenvalue weighted by Gasteiger charge is -1.91. The fourth-order valence-corrected chi connectivity index (χ4v) is 0.695. The zero-order chi connectivity index (χ0) is 12.8. The molecule has 4 nitrogen and oxygen atoms in total. The van der Waals surface area contributed by atoms with Crippen molar-refractivity contribution in [2.45, 2.75) is 26.7 Å². The first kappa shape index (κ1) is 16.6. The lowest BCUT2D eigenvalue weighted by Crippen LogP contribution is -1.83. The highest BCUT2D eigenvalue weighted by atomic mass is 16.2. The minimum Gasteiger partial charge on any atom is -0.298 e. The Balaban J connectivity index is 0. The van der Waals surface area contributed by atoms with Crippen LogP contribution in [0.2, 0.25) is 0 Å². The maximum absolute atomic E-state index is 10.3. The van der Waals surface area contributed by atoms with Crippen LogP contribution in [0.3, 0.4) is 0 Å². The number of aldehydes is 4. The molecule has 0 N–H and O–H groups in total. The van der Waals surface area contributed by atoms with Crippen molar-refractivity contribution >= 4 is 25.1 Å². The summed E-state index contributed by atoms with van der Waals surface area (Å²) in [5.74, 6) is 0. The molecule has 0 bridgehead atoms. The van der Waals surface area contributed by atoms with E-state index >= 15 is 0 Å². The molecule has 0 unspecified atom stereocenters. The first-order valence-electron chi connectivity index (χ1n) is 4.89. The van der Waals surface area contributed by atoms with Crippen molar-refractivity contribution in [1.29, 1.82) is 0 Å². The number of carbonyl (C=O) groups excluding carboxylic acids is 4. The van der Waals surface area contributed by atoms with E-state index in [4.69, 9.17) is 9.59 Å². The average Bonchev–Trinajstić information content (AvgIpc) is 2.35. The van der Waals surface area contributed by atoms with Gasteiger partial charge < -0.3 is 0 Å². The second kappa shape index (κ2) is 13.2. The summed E-state index contributed by atoms with van der Waals surface area (Å²) in [6.45, 7) is 3.81. The molecule has 0 spiro atoms. The maximum Gasteiger partial charge on any atom is 0.182 e. The molecule has 0 aliphatic rings. The molecular weight excluding hydrogens is 208 g/mol. The van der Waals surface area contributed by atoms with E-state index < -0.39 is 0 Å². The van der Waals surface area contributed by atoms with Gasteiger partial charge in [0.25, 0.3) is 0 Å². The topological polar surface area (TPSA) is 68.3 Å². The Morgan fingerprint density at radius 2 is 1.06 bits per heavy atom. The van der Waals surface area contributed by atoms with Crippen LogP contribution in [-0.2, 0) is 19.2 Å². The molecule has 0 aromatic carbocycles. The van der Waals surface area contributed by atoms with Crippen LogP contribution in [0.5, 0.6) is 0 Å². The standard InChI is InChI=1S/C10H14O2.C2H2O2/c1-3-9(7-11)5-6-10(4-2)8-12;3-1-2-4/h5-8H,3-4H2,1-2H3;1-2H/b9-5-,10-6-;. The maximum atomic E-state index is 10.3. The van der Waals surface area contributed by atoms with Gasteiger partial charge in [0, 0.05) is 0 Å². The van der Waals surface area contributed by atoms with Gasteiger partial charge in [-0.05, 0) is 24.0 Å². The molecule has 16 heavy (non-hydrogen) atoms. The molecular formula is C12H16O4. The zero-order valence-electron chi connectivity index (χ0n) is 9.51. The van der Waals surface area contributed by atoms with Gasteiger partial charge >= 0.3 is 0 Å². The van der Waals surface area contributed by atoms with Crippen LogP contribution in [0.25, 0.3) is 0 Å². The van der Waals surface area contributed by atoms with Crippen LogP contribution in [0.1, 0.15) is 26.7 Å². The Hall–Kier alpha value is -1.84. The summed E-state index contributed by atoms with van der Waals surface area (Å²) in [4.78, 5) is 38.3. The Kier molecular flexibility index (Phi) is 13.6. The molecule has 0 heterocycles. The van der Waals surface area contributed by atoms with Crippen molar-refractivity contribution in [1.82, 2.24) is 0 Å². The van der Waals surface area contributed by atoms with Gasteiger partial charge in [-0.3, -0.25) is 19.2 Å². The van der Waals surface area contributed by atoms with Crippen LogP contribution in [0.15, 0.2) is 23.3 Å². The second-order valence-corrected chi connectivity index (χ2v) is 2.70. The Morgan fingerprint density at radius 3 is 1.19 bits per heavy atom.